The Morgan fingerprint density at radius 1 is 0.962 bits per heavy atom. The quantitative estimate of drug-likeness (QED) is 0.494. The van der Waals surface area contributed by atoms with Crippen molar-refractivity contribution < 1.29 is 4.74 Å². The molecule has 0 atom stereocenters. The molecule has 0 aliphatic heterocycles. The van der Waals surface area contributed by atoms with Gasteiger partial charge in [0.2, 0.25) is 0 Å². The van der Waals surface area contributed by atoms with Crippen LogP contribution in [-0.2, 0) is 0 Å². The second kappa shape index (κ2) is 6.84. The summed E-state index contributed by atoms with van der Waals surface area (Å²) < 4.78 is 5.33. The van der Waals surface area contributed by atoms with Crippen LogP contribution in [0, 0.1) is 13.8 Å². The van der Waals surface area contributed by atoms with Crippen LogP contribution in [0.2, 0.25) is 0 Å². The summed E-state index contributed by atoms with van der Waals surface area (Å²) >= 11 is 1.67. The van der Waals surface area contributed by atoms with Crippen LogP contribution in [0.1, 0.15) is 11.1 Å². The van der Waals surface area contributed by atoms with Crippen molar-refractivity contribution in [2.45, 2.75) is 23.8 Å². The van der Waals surface area contributed by atoms with Gasteiger partial charge in [-0.3, -0.25) is 0 Å². The fourth-order valence-corrected chi connectivity index (χ4v) is 4.13. The molecule has 4 rings (SSSR count). The van der Waals surface area contributed by atoms with Gasteiger partial charge in [-0.25, -0.2) is 9.97 Å². The first kappa shape index (κ1) is 16.7. The van der Waals surface area contributed by atoms with E-state index in [4.69, 9.17) is 4.74 Å². The Bertz CT molecular complexity index is 1070. The zero-order valence-corrected chi connectivity index (χ0v) is 15.7. The van der Waals surface area contributed by atoms with Gasteiger partial charge >= 0.3 is 0 Å². The van der Waals surface area contributed by atoms with Crippen LogP contribution in [0.15, 0.2) is 64.8 Å². The predicted molar refractivity (Wildman–Crippen MR) is 106 cm³/mol. The van der Waals surface area contributed by atoms with Gasteiger partial charge < -0.3 is 9.72 Å². The van der Waals surface area contributed by atoms with E-state index >= 15 is 0 Å². The monoisotopic (exact) mass is 361 g/mol. The summed E-state index contributed by atoms with van der Waals surface area (Å²) in [4.78, 5) is 13.5. The molecule has 4 nitrogen and oxygen atoms in total. The lowest BCUT2D eigenvalue weighted by molar-refractivity contribution is 0.415. The van der Waals surface area contributed by atoms with Crippen molar-refractivity contribution in [3.63, 3.8) is 0 Å². The van der Waals surface area contributed by atoms with Crippen molar-refractivity contribution in [1.82, 2.24) is 15.0 Å². The highest BCUT2D eigenvalue weighted by Crippen LogP contribution is 2.34. The van der Waals surface area contributed by atoms with Crippen molar-refractivity contribution >= 4 is 22.8 Å². The number of ether oxygens (including phenoxy) is 1. The van der Waals surface area contributed by atoms with Gasteiger partial charge in [-0.2, -0.15) is 0 Å². The van der Waals surface area contributed by atoms with Crippen LogP contribution in [0.4, 0.5) is 0 Å². The first-order valence-electron chi connectivity index (χ1n) is 8.37. The van der Waals surface area contributed by atoms with E-state index in [0.717, 1.165) is 33.1 Å². The maximum Gasteiger partial charge on any atom is 0.142 e. The molecule has 0 saturated heterocycles. The van der Waals surface area contributed by atoms with Crippen LogP contribution in [0.5, 0.6) is 5.75 Å². The summed E-state index contributed by atoms with van der Waals surface area (Å²) in [7, 11) is 1.67. The van der Waals surface area contributed by atoms with Crippen molar-refractivity contribution in [3.05, 3.63) is 66.0 Å². The van der Waals surface area contributed by atoms with Gasteiger partial charge in [-0.05, 0) is 55.3 Å². The molecule has 0 saturated carbocycles. The maximum absolute atomic E-state index is 5.33. The average molecular weight is 361 g/mol. The Morgan fingerprint density at radius 2 is 1.77 bits per heavy atom. The lowest BCUT2D eigenvalue weighted by atomic mass is 10.1. The fourth-order valence-electron chi connectivity index (χ4n) is 3.05. The van der Waals surface area contributed by atoms with E-state index in [9.17, 15) is 0 Å². The Hall–Kier alpha value is -2.79. The van der Waals surface area contributed by atoms with Crippen LogP contribution in [0.3, 0.4) is 0 Å². The van der Waals surface area contributed by atoms with E-state index in [1.807, 2.05) is 18.2 Å². The third-order valence-corrected chi connectivity index (χ3v) is 5.17. The lowest BCUT2D eigenvalue weighted by Gasteiger charge is -2.04. The molecule has 130 valence electrons. The minimum atomic E-state index is 0.831. The molecule has 2 aromatic heterocycles. The van der Waals surface area contributed by atoms with Gasteiger partial charge in [0.1, 0.15) is 22.7 Å². The molecule has 0 unspecified atom stereocenters. The number of hydrogen-bond donors (Lipinski definition) is 1. The highest BCUT2D eigenvalue weighted by atomic mass is 32.2. The first-order chi connectivity index (χ1) is 12.6. The SMILES string of the molecule is COc1cccc(-c2cc3c(Sc4cc(C)cc(C)c4)ncnc3[nH]2)c1. The maximum atomic E-state index is 5.33. The predicted octanol–water partition coefficient (Wildman–Crippen LogP) is 5.40. The molecular formula is C21H19N3OS. The standard InChI is InChI=1S/C21H19N3OS/c1-13-7-14(2)9-17(8-13)26-21-18-11-19(24-20(18)22-12-23-21)15-5-4-6-16(10-15)25-3/h4-12H,1-3H3,(H,22,23,24). The minimum Gasteiger partial charge on any atom is -0.497 e. The van der Waals surface area contributed by atoms with Crippen molar-refractivity contribution in [2.75, 3.05) is 7.11 Å². The molecule has 4 aromatic rings. The summed E-state index contributed by atoms with van der Waals surface area (Å²) in [6.07, 6.45) is 1.61. The summed E-state index contributed by atoms with van der Waals surface area (Å²) in [5.41, 5.74) is 5.41. The molecule has 2 aromatic carbocycles. The number of nitrogens with zero attached hydrogens (tertiary/aromatic N) is 2. The van der Waals surface area contributed by atoms with E-state index in [1.165, 1.54) is 16.0 Å². The van der Waals surface area contributed by atoms with Gasteiger partial charge in [0.15, 0.2) is 0 Å². The number of aromatic amines is 1. The van der Waals surface area contributed by atoms with Crippen LogP contribution >= 0.6 is 11.8 Å². The van der Waals surface area contributed by atoms with E-state index in [-0.39, 0.29) is 0 Å². The molecule has 0 aliphatic carbocycles. The van der Waals surface area contributed by atoms with E-state index in [2.05, 4.69) is 59.1 Å². The van der Waals surface area contributed by atoms with Crippen LogP contribution in [-0.4, -0.2) is 22.1 Å². The van der Waals surface area contributed by atoms with Gasteiger partial charge in [-0.15, -0.1) is 0 Å². The largest absolute Gasteiger partial charge is 0.497 e. The fraction of sp³-hybridized carbons (Fsp3) is 0.143. The smallest absolute Gasteiger partial charge is 0.142 e. The second-order valence-corrected chi connectivity index (χ2v) is 7.34. The number of hydrogen-bond acceptors (Lipinski definition) is 4. The molecule has 0 aliphatic rings. The number of methoxy groups -OCH3 is 1. The molecular weight excluding hydrogens is 342 g/mol. The normalized spacial score (nSPS) is 11.0. The molecule has 0 amide bonds. The molecule has 1 N–H and O–H groups in total. The van der Waals surface area contributed by atoms with Gasteiger partial charge in [0, 0.05) is 16.2 Å². The molecule has 0 spiro atoms. The van der Waals surface area contributed by atoms with Gasteiger partial charge in [0.05, 0.1) is 12.5 Å². The molecule has 0 fully saturated rings. The van der Waals surface area contributed by atoms with Crippen LogP contribution < -0.4 is 4.74 Å². The number of rotatable bonds is 4. The number of aromatic nitrogens is 3. The minimum absolute atomic E-state index is 0.831. The third-order valence-electron chi connectivity index (χ3n) is 4.18. The zero-order valence-electron chi connectivity index (χ0n) is 14.9. The molecule has 2 heterocycles. The topological polar surface area (TPSA) is 50.8 Å². The van der Waals surface area contributed by atoms with Gasteiger partial charge in [-0.1, -0.05) is 30.0 Å². The van der Waals surface area contributed by atoms with Crippen LogP contribution in [0.25, 0.3) is 22.3 Å². The van der Waals surface area contributed by atoms with Crippen molar-refractivity contribution in [2.24, 2.45) is 0 Å². The number of H-pyrrole nitrogens is 1. The van der Waals surface area contributed by atoms with E-state index in [0.29, 0.717) is 0 Å². The summed E-state index contributed by atoms with van der Waals surface area (Å²) in [5.74, 6) is 0.831. The summed E-state index contributed by atoms with van der Waals surface area (Å²) in [5, 5.41) is 1.97. The molecule has 0 bridgehead atoms. The Morgan fingerprint density at radius 3 is 2.54 bits per heavy atom. The number of fused-ring (bicyclic) bond motifs is 1. The van der Waals surface area contributed by atoms with E-state index in [1.54, 1.807) is 25.2 Å². The zero-order chi connectivity index (χ0) is 18.1. The first-order valence-corrected chi connectivity index (χ1v) is 9.18. The molecule has 26 heavy (non-hydrogen) atoms. The molecule has 5 heteroatoms. The Kier molecular flexibility index (Phi) is 4.39. The van der Waals surface area contributed by atoms with Gasteiger partial charge in [0.25, 0.3) is 0 Å². The highest BCUT2D eigenvalue weighted by molar-refractivity contribution is 7.99. The van der Waals surface area contributed by atoms with Crippen molar-refractivity contribution in [3.8, 4) is 17.0 Å². The van der Waals surface area contributed by atoms with E-state index < -0.39 is 0 Å². The van der Waals surface area contributed by atoms with Crippen molar-refractivity contribution in [1.29, 1.82) is 0 Å². The highest BCUT2D eigenvalue weighted by Gasteiger charge is 2.11. The summed E-state index contributed by atoms with van der Waals surface area (Å²) in [6, 6.07) is 16.6. The number of benzene rings is 2. The Balaban J connectivity index is 1.76. The number of nitrogens with one attached hydrogen (secondary N) is 1. The lowest BCUT2D eigenvalue weighted by Crippen LogP contribution is -1.86. The average Bonchev–Trinajstić information content (AvgIpc) is 3.06. The number of aryl methyl sites for hydroxylation is 2. The Labute approximate surface area is 156 Å². The third kappa shape index (κ3) is 3.30. The summed E-state index contributed by atoms with van der Waals surface area (Å²) in [6.45, 7) is 4.23. The second-order valence-electron chi connectivity index (χ2n) is 6.28. The molecule has 0 radical (unpaired) electrons.